The maximum absolute atomic E-state index is 13.7. The predicted molar refractivity (Wildman–Crippen MR) is 523 cm³/mol. The summed E-state index contributed by atoms with van der Waals surface area (Å²) in [5.74, 6) is 2.87. The fourth-order valence-corrected chi connectivity index (χ4v) is 22.8. The van der Waals surface area contributed by atoms with Crippen molar-refractivity contribution in [3.63, 3.8) is 0 Å². The second kappa shape index (κ2) is 49.7. The number of hydrogen-bond acceptors (Lipinski definition) is 12. The topological polar surface area (TPSA) is 142 Å². The molecule has 18 atom stereocenters. The standard InChI is InChI=1S/2C33H36F2O3.C26H31FO3.C26H29FO3.CH4/c2*1-22-5-7-23(8-6-22)3-2-4-32(36)37-21-30-27-10-9-24(19-27)20-31(30)38-33(25-11-15-28(34)16-12-25)26-13-17-29(35)18-14-26;2*1-17-3-6-19(7-4-17)26(20-9-11-22(27)12-10-20)30-24-16-18-5-8-21(15-18)23(24)13-14-25(28)29-2;/h2*5-8,11-18,24,27,30-31,33H,2-4,9-10,19-21H2,1H3;3-4,6-7,9-12,18,21,23-24,26H,5,8,13-16H2,1-2H3;3-4,6-7,9-14,18,21,23-24,26H,5,8,15-16H2,1-2H3;1H4/b;;;14-13+;/t2*24?,27?,30-,31+;2*18?,21?,23-,24+,26?;/m1111./s1. The molecule has 0 amide bonds. The van der Waals surface area contributed by atoms with Crippen LogP contribution in [0, 0.1) is 134 Å². The predicted octanol–water partition coefficient (Wildman–Crippen LogP) is 27.9. The van der Waals surface area contributed by atoms with Crippen molar-refractivity contribution in [1.29, 1.82) is 0 Å². The highest BCUT2D eigenvalue weighted by molar-refractivity contribution is 5.81. The van der Waals surface area contributed by atoms with Crippen LogP contribution in [0.1, 0.15) is 251 Å². The van der Waals surface area contributed by atoms with Crippen LogP contribution in [0.4, 0.5) is 26.3 Å². The van der Waals surface area contributed by atoms with Gasteiger partial charge in [0.25, 0.3) is 0 Å². The number of carbonyl (C=O) groups is 4. The zero-order valence-corrected chi connectivity index (χ0v) is 79.3. The molecule has 726 valence electrons. The van der Waals surface area contributed by atoms with Crippen molar-refractivity contribution in [2.24, 2.45) is 71.0 Å². The average molecular weight is 1870 g/mol. The van der Waals surface area contributed by atoms with Crippen molar-refractivity contribution in [3.05, 3.63) is 368 Å². The van der Waals surface area contributed by atoms with E-state index in [9.17, 15) is 45.5 Å². The third-order valence-corrected chi connectivity index (χ3v) is 30.2. The Morgan fingerprint density at radius 1 is 0.307 bits per heavy atom. The molecule has 0 heterocycles. The molecular weight excluding hydrogens is 1740 g/mol. The van der Waals surface area contributed by atoms with E-state index < -0.39 is 12.2 Å². The van der Waals surface area contributed by atoms with E-state index in [1.165, 1.54) is 172 Å². The molecule has 8 fully saturated rings. The number of rotatable bonds is 33. The molecule has 0 N–H and O–H groups in total. The molecule has 0 aliphatic heterocycles. The van der Waals surface area contributed by atoms with Gasteiger partial charge in [-0.05, 0) is 319 Å². The van der Waals surface area contributed by atoms with Gasteiger partial charge in [-0.25, -0.2) is 31.1 Å². The maximum Gasteiger partial charge on any atom is 0.330 e. The summed E-state index contributed by atoms with van der Waals surface area (Å²) in [6.07, 6.45) is 25.3. The molecule has 12 nitrogen and oxygen atoms in total. The maximum atomic E-state index is 13.7. The third-order valence-electron chi connectivity index (χ3n) is 30.2. The Kier molecular flexibility index (Phi) is 37.0. The van der Waals surface area contributed by atoms with Crippen LogP contribution in [-0.2, 0) is 69.9 Å². The number of halogens is 6. The SMILES string of the molecule is C.COC(=O)/C=C/[C@@H]1C2CCC(C2)C[C@@H]1OC(c1ccc(C)cc1)c1ccc(F)cc1.COC(=O)CC[C@@H]1C2CCC(C2)C[C@@H]1OC(c1ccc(C)cc1)c1ccc(F)cc1.Cc1ccc(CCCC(=O)OC[C@@H]2C3CCC(C3)C[C@@H]2OC(c2ccc(F)cc2)c2ccc(F)cc2)cc1.Cc1ccc(CCCC(=O)OC[C@@H]2C3CCC(C3)C[C@@H]2OC(c2ccc(F)cc2)c2ccc(F)cc2)cc1. The first-order valence-electron chi connectivity index (χ1n) is 49.5. The molecule has 8 aliphatic carbocycles. The molecular formula is C119H136F6O12. The number of hydrogen-bond donors (Lipinski definition) is 0. The molecule has 10 unspecified atom stereocenters. The quantitative estimate of drug-likeness (QED) is 0.0167. The summed E-state index contributed by atoms with van der Waals surface area (Å²) < 4.78 is 130. The van der Waals surface area contributed by atoms with Gasteiger partial charge >= 0.3 is 23.9 Å². The van der Waals surface area contributed by atoms with Crippen LogP contribution < -0.4 is 0 Å². The highest BCUT2D eigenvalue weighted by Gasteiger charge is 2.48. The minimum atomic E-state index is -0.452. The van der Waals surface area contributed by atoms with Gasteiger partial charge in [-0.2, -0.15) is 0 Å². The number of esters is 4. The van der Waals surface area contributed by atoms with Crippen LogP contribution in [0.25, 0.3) is 0 Å². The number of aryl methyl sites for hydroxylation is 6. The Morgan fingerprint density at radius 2 is 0.569 bits per heavy atom. The summed E-state index contributed by atoms with van der Waals surface area (Å²) in [6, 6.07) is 72.0. The van der Waals surface area contributed by atoms with E-state index in [0.717, 1.165) is 128 Å². The number of carbonyl (C=O) groups excluding carboxylic acids is 4. The van der Waals surface area contributed by atoms with Gasteiger partial charge in [0.05, 0.1) is 51.8 Å². The molecule has 8 saturated carbocycles. The molecule has 10 aromatic carbocycles. The van der Waals surface area contributed by atoms with E-state index >= 15 is 0 Å². The largest absolute Gasteiger partial charge is 0.469 e. The van der Waals surface area contributed by atoms with Crippen molar-refractivity contribution < 1.29 is 83.4 Å². The summed E-state index contributed by atoms with van der Waals surface area (Å²) in [5.41, 5.74) is 14.6. The van der Waals surface area contributed by atoms with Gasteiger partial charge in [-0.3, -0.25) is 14.4 Å². The molecule has 0 saturated heterocycles. The lowest BCUT2D eigenvalue weighted by Crippen LogP contribution is -2.38. The third kappa shape index (κ3) is 28.7. The molecule has 0 spiro atoms. The van der Waals surface area contributed by atoms with Crippen LogP contribution in [-0.4, -0.2) is 75.7 Å². The van der Waals surface area contributed by atoms with Gasteiger partial charge in [0.1, 0.15) is 59.3 Å². The first kappa shape index (κ1) is 102. The first-order valence-corrected chi connectivity index (χ1v) is 49.5. The zero-order valence-electron chi connectivity index (χ0n) is 79.3. The van der Waals surface area contributed by atoms with E-state index in [-0.39, 0.29) is 121 Å². The van der Waals surface area contributed by atoms with E-state index in [1.807, 2.05) is 18.2 Å². The summed E-state index contributed by atoms with van der Waals surface area (Å²) in [4.78, 5) is 48.8. The minimum absolute atomic E-state index is 0. The zero-order chi connectivity index (χ0) is 95.1. The smallest absolute Gasteiger partial charge is 0.330 e. The summed E-state index contributed by atoms with van der Waals surface area (Å²) in [6.45, 7) is 8.97. The molecule has 137 heavy (non-hydrogen) atoms. The number of methoxy groups -OCH3 is 2. The minimum Gasteiger partial charge on any atom is -0.469 e. The fourth-order valence-electron chi connectivity index (χ4n) is 22.8. The Morgan fingerprint density at radius 3 is 0.876 bits per heavy atom. The van der Waals surface area contributed by atoms with E-state index in [2.05, 4.69) is 125 Å². The number of fused-ring (bicyclic) bond motifs is 8. The van der Waals surface area contributed by atoms with Crippen molar-refractivity contribution in [2.45, 2.75) is 238 Å². The lowest BCUT2D eigenvalue weighted by atomic mass is 9.75. The second-order valence-corrected chi connectivity index (χ2v) is 39.7. The molecule has 8 aliphatic rings. The van der Waals surface area contributed by atoms with Crippen molar-refractivity contribution >= 4 is 23.9 Å². The molecule has 8 bridgehead atoms. The van der Waals surface area contributed by atoms with E-state index in [4.69, 9.17) is 37.9 Å². The monoisotopic (exact) mass is 1870 g/mol. The number of benzene rings is 10. The average Bonchev–Trinajstić information content (AvgIpc) is 1.35. The van der Waals surface area contributed by atoms with Gasteiger partial charge in [-0.15, -0.1) is 0 Å². The summed E-state index contributed by atoms with van der Waals surface area (Å²) >= 11 is 0. The Bertz CT molecular complexity index is 5090. The van der Waals surface area contributed by atoms with Crippen LogP contribution in [0.15, 0.2) is 255 Å². The van der Waals surface area contributed by atoms with Crippen molar-refractivity contribution in [3.8, 4) is 0 Å². The van der Waals surface area contributed by atoms with Crippen LogP contribution in [0.2, 0.25) is 0 Å². The van der Waals surface area contributed by atoms with Gasteiger partial charge in [0, 0.05) is 43.1 Å². The lowest BCUT2D eigenvalue weighted by Gasteiger charge is -2.39. The van der Waals surface area contributed by atoms with Crippen molar-refractivity contribution in [2.75, 3.05) is 27.4 Å². The van der Waals surface area contributed by atoms with Crippen LogP contribution in [0.5, 0.6) is 0 Å². The van der Waals surface area contributed by atoms with Gasteiger partial charge in [-0.1, -0.05) is 231 Å². The summed E-state index contributed by atoms with van der Waals surface area (Å²) in [5, 5.41) is 0. The van der Waals surface area contributed by atoms with Gasteiger partial charge in [0.2, 0.25) is 0 Å². The van der Waals surface area contributed by atoms with Crippen molar-refractivity contribution in [1.82, 2.24) is 0 Å². The Labute approximate surface area is 806 Å². The Hall–Kier alpha value is -10.8. The molecule has 18 heteroatoms. The van der Waals surface area contributed by atoms with Gasteiger partial charge < -0.3 is 37.9 Å². The highest BCUT2D eigenvalue weighted by Crippen LogP contribution is 2.54. The highest BCUT2D eigenvalue weighted by atomic mass is 19.1. The lowest BCUT2D eigenvalue weighted by molar-refractivity contribution is -0.151. The fraction of sp³-hybridized carbons (Fsp3) is 0.445. The summed E-state index contributed by atoms with van der Waals surface area (Å²) in [7, 11) is 2.85. The number of ether oxygens (including phenoxy) is 8. The Balaban J connectivity index is 0.000000147. The molecule has 10 aromatic rings. The van der Waals surface area contributed by atoms with Crippen LogP contribution >= 0.6 is 0 Å². The molecule has 18 rings (SSSR count). The van der Waals surface area contributed by atoms with Gasteiger partial charge in [0.15, 0.2) is 0 Å². The van der Waals surface area contributed by atoms with E-state index in [1.54, 1.807) is 66.7 Å². The molecule has 0 radical (unpaired) electrons. The first-order chi connectivity index (χ1) is 65.9. The normalized spacial score (nSPS) is 24.1. The van der Waals surface area contributed by atoms with E-state index in [0.29, 0.717) is 85.7 Å². The molecule has 0 aromatic heterocycles. The van der Waals surface area contributed by atoms with Crippen LogP contribution in [0.3, 0.4) is 0 Å². The second-order valence-electron chi connectivity index (χ2n) is 39.7.